The number of benzene rings is 1. The van der Waals surface area contributed by atoms with Crippen LogP contribution in [0.2, 0.25) is 0 Å². The van der Waals surface area contributed by atoms with Gasteiger partial charge in [0.25, 0.3) is 0 Å². The van der Waals surface area contributed by atoms with Crippen LogP contribution >= 0.6 is 0 Å². The van der Waals surface area contributed by atoms with E-state index in [1.54, 1.807) is 0 Å². The molecule has 3 rings (SSSR count). The Morgan fingerprint density at radius 2 is 1.95 bits per heavy atom. The Labute approximate surface area is 125 Å². The normalized spacial score (nSPS) is 20.6. The SMILES string of the molecule is O=C(O)CC(NC1CC1)C(O)c1ccc2c(c1)CCCC2. The van der Waals surface area contributed by atoms with Gasteiger partial charge in [-0.05, 0) is 55.2 Å². The third-order valence-electron chi connectivity index (χ3n) is 4.52. The quantitative estimate of drug-likeness (QED) is 0.751. The number of carboxylic acid groups (broad SMARTS) is 1. The van der Waals surface area contributed by atoms with Gasteiger partial charge in [-0.1, -0.05) is 18.2 Å². The van der Waals surface area contributed by atoms with E-state index < -0.39 is 18.1 Å². The van der Waals surface area contributed by atoms with Crippen LogP contribution in [0.25, 0.3) is 0 Å². The van der Waals surface area contributed by atoms with Gasteiger partial charge in [-0.15, -0.1) is 0 Å². The molecule has 0 radical (unpaired) electrons. The van der Waals surface area contributed by atoms with Crippen molar-refractivity contribution in [3.63, 3.8) is 0 Å². The molecular weight excluding hydrogens is 266 g/mol. The molecule has 1 aromatic rings. The van der Waals surface area contributed by atoms with Gasteiger partial charge in [0.15, 0.2) is 0 Å². The number of nitrogens with one attached hydrogen (secondary N) is 1. The molecular formula is C17H23NO3. The first-order valence-electron chi connectivity index (χ1n) is 7.91. The molecule has 2 aliphatic rings. The molecule has 114 valence electrons. The number of rotatable bonds is 6. The highest BCUT2D eigenvalue weighted by Crippen LogP contribution is 2.29. The minimum Gasteiger partial charge on any atom is -0.481 e. The highest BCUT2D eigenvalue weighted by atomic mass is 16.4. The molecule has 2 unspecified atom stereocenters. The summed E-state index contributed by atoms with van der Waals surface area (Å²) >= 11 is 0. The van der Waals surface area contributed by atoms with Crippen molar-refractivity contribution in [2.45, 2.75) is 63.1 Å². The van der Waals surface area contributed by atoms with E-state index in [1.807, 2.05) is 6.07 Å². The fraction of sp³-hybridized carbons (Fsp3) is 0.588. The van der Waals surface area contributed by atoms with E-state index in [2.05, 4.69) is 17.4 Å². The molecule has 4 nitrogen and oxygen atoms in total. The van der Waals surface area contributed by atoms with Gasteiger partial charge in [-0.2, -0.15) is 0 Å². The van der Waals surface area contributed by atoms with Gasteiger partial charge in [-0.25, -0.2) is 0 Å². The first kappa shape index (κ1) is 14.5. The molecule has 0 heterocycles. The molecule has 0 saturated heterocycles. The molecule has 1 saturated carbocycles. The maximum atomic E-state index is 11.0. The summed E-state index contributed by atoms with van der Waals surface area (Å²) in [5.74, 6) is -0.870. The van der Waals surface area contributed by atoms with Gasteiger partial charge in [0, 0.05) is 12.1 Å². The van der Waals surface area contributed by atoms with Crippen LogP contribution in [0.4, 0.5) is 0 Å². The van der Waals surface area contributed by atoms with E-state index in [1.165, 1.54) is 24.0 Å². The first-order valence-corrected chi connectivity index (χ1v) is 7.91. The fourth-order valence-electron chi connectivity index (χ4n) is 3.17. The average molecular weight is 289 g/mol. The molecule has 0 aromatic heterocycles. The number of carbonyl (C=O) groups is 1. The smallest absolute Gasteiger partial charge is 0.305 e. The molecule has 0 amide bonds. The number of aliphatic hydroxyl groups excluding tert-OH is 1. The molecule has 2 aliphatic carbocycles. The maximum absolute atomic E-state index is 11.0. The highest BCUT2D eigenvalue weighted by Gasteiger charge is 2.30. The minimum atomic E-state index is -0.870. The number of aliphatic hydroxyl groups is 1. The lowest BCUT2D eigenvalue weighted by Gasteiger charge is -2.25. The van der Waals surface area contributed by atoms with Crippen LogP contribution in [0.15, 0.2) is 18.2 Å². The second-order valence-corrected chi connectivity index (χ2v) is 6.33. The van der Waals surface area contributed by atoms with Crippen molar-refractivity contribution in [1.82, 2.24) is 5.32 Å². The molecule has 21 heavy (non-hydrogen) atoms. The molecule has 2 atom stereocenters. The first-order chi connectivity index (χ1) is 10.1. The van der Waals surface area contributed by atoms with Crippen LogP contribution in [0.5, 0.6) is 0 Å². The summed E-state index contributed by atoms with van der Waals surface area (Å²) in [6.45, 7) is 0. The van der Waals surface area contributed by atoms with Gasteiger partial charge in [0.05, 0.1) is 12.5 Å². The Kier molecular flexibility index (Phi) is 4.27. The molecule has 4 heteroatoms. The summed E-state index contributed by atoms with van der Waals surface area (Å²) in [6.07, 6.45) is 5.97. The van der Waals surface area contributed by atoms with Crippen LogP contribution < -0.4 is 5.32 Å². The van der Waals surface area contributed by atoms with Crippen molar-refractivity contribution >= 4 is 5.97 Å². The van der Waals surface area contributed by atoms with Crippen LogP contribution in [-0.4, -0.2) is 28.3 Å². The third-order valence-corrected chi connectivity index (χ3v) is 4.52. The van der Waals surface area contributed by atoms with Crippen molar-refractivity contribution < 1.29 is 15.0 Å². The van der Waals surface area contributed by atoms with E-state index in [0.29, 0.717) is 6.04 Å². The number of aliphatic carboxylic acids is 1. The summed E-state index contributed by atoms with van der Waals surface area (Å²) in [6, 6.07) is 6.10. The van der Waals surface area contributed by atoms with E-state index in [-0.39, 0.29) is 6.42 Å². The van der Waals surface area contributed by atoms with E-state index in [0.717, 1.165) is 31.2 Å². The zero-order valence-electron chi connectivity index (χ0n) is 12.2. The summed E-state index contributed by atoms with van der Waals surface area (Å²) < 4.78 is 0. The average Bonchev–Trinajstić information content (AvgIpc) is 3.29. The topological polar surface area (TPSA) is 69.6 Å². The van der Waals surface area contributed by atoms with Crippen LogP contribution in [0, 0.1) is 0 Å². The van der Waals surface area contributed by atoms with Crippen molar-refractivity contribution in [1.29, 1.82) is 0 Å². The summed E-state index contributed by atoms with van der Waals surface area (Å²) in [4.78, 5) is 11.0. The molecule has 0 spiro atoms. The Morgan fingerprint density at radius 3 is 2.62 bits per heavy atom. The largest absolute Gasteiger partial charge is 0.481 e. The van der Waals surface area contributed by atoms with E-state index >= 15 is 0 Å². The van der Waals surface area contributed by atoms with Crippen LogP contribution in [0.1, 0.15) is 54.9 Å². The van der Waals surface area contributed by atoms with Gasteiger partial charge in [0.1, 0.15) is 0 Å². The number of fused-ring (bicyclic) bond motifs is 1. The fourth-order valence-corrected chi connectivity index (χ4v) is 3.17. The lowest BCUT2D eigenvalue weighted by Crippen LogP contribution is -2.38. The Hall–Kier alpha value is -1.39. The maximum Gasteiger partial charge on any atom is 0.305 e. The molecule has 0 aliphatic heterocycles. The third kappa shape index (κ3) is 3.63. The lowest BCUT2D eigenvalue weighted by molar-refractivity contribution is -0.138. The van der Waals surface area contributed by atoms with Crippen molar-refractivity contribution in [3.05, 3.63) is 34.9 Å². The molecule has 0 bridgehead atoms. The number of aryl methyl sites for hydroxylation is 2. The lowest BCUT2D eigenvalue weighted by atomic mass is 9.88. The standard InChI is InChI=1S/C17H23NO3/c19-16(20)10-15(18-14-7-8-14)17(21)13-6-5-11-3-1-2-4-12(11)9-13/h5-6,9,14-15,17-18,21H,1-4,7-8,10H2,(H,19,20). The second kappa shape index (κ2) is 6.16. The number of hydrogen-bond donors (Lipinski definition) is 3. The van der Waals surface area contributed by atoms with Crippen LogP contribution in [0.3, 0.4) is 0 Å². The Morgan fingerprint density at radius 1 is 1.24 bits per heavy atom. The van der Waals surface area contributed by atoms with Crippen LogP contribution in [-0.2, 0) is 17.6 Å². The van der Waals surface area contributed by atoms with Gasteiger partial charge in [0.2, 0.25) is 0 Å². The van der Waals surface area contributed by atoms with Gasteiger partial charge in [-0.3, -0.25) is 4.79 Å². The second-order valence-electron chi connectivity index (χ2n) is 6.33. The molecule has 1 fully saturated rings. The van der Waals surface area contributed by atoms with Gasteiger partial charge >= 0.3 is 5.97 Å². The summed E-state index contributed by atoms with van der Waals surface area (Å²) in [5, 5.41) is 22.9. The zero-order chi connectivity index (χ0) is 14.8. The Bertz CT molecular complexity index is 525. The summed E-state index contributed by atoms with van der Waals surface area (Å²) in [5.41, 5.74) is 3.54. The Balaban J connectivity index is 1.77. The number of hydrogen-bond acceptors (Lipinski definition) is 3. The predicted octanol–water partition coefficient (Wildman–Crippen LogP) is 2.19. The minimum absolute atomic E-state index is 0.0469. The molecule has 3 N–H and O–H groups in total. The highest BCUT2D eigenvalue weighted by molar-refractivity contribution is 5.67. The number of carboxylic acids is 1. The monoisotopic (exact) mass is 289 g/mol. The van der Waals surface area contributed by atoms with Crippen molar-refractivity contribution in [3.8, 4) is 0 Å². The molecule has 1 aromatic carbocycles. The van der Waals surface area contributed by atoms with Crippen molar-refractivity contribution in [2.24, 2.45) is 0 Å². The summed E-state index contributed by atoms with van der Waals surface area (Å²) in [7, 11) is 0. The zero-order valence-corrected chi connectivity index (χ0v) is 12.2. The van der Waals surface area contributed by atoms with E-state index in [4.69, 9.17) is 5.11 Å². The predicted molar refractivity (Wildman–Crippen MR) is 80.2 cm³/mol. The van der Waals surface area contributed by atoms with Crippen molar-refractivity contribution in [2.75, 3.05) is 0 Å². The van der Waals surface area contributed by atoms with Gasteiger partial charge < -0.3 is 15.5 Å². The van der Waals surface area contributed by atoms with E-state index in [9.17, 15) is 9.90 Å².